The number of pyridine rings is 1. The molecule has 0 bridgehead atoms. The molecule has 0 saturated carbocycles. The van der Waals surface area contributed by atoms with Gasteiger partial charge in [0, 0.05) is 16.9 Å². The molecule has 28 heavy (non-hydrogen) atoms. The second-order valence-corrected chi connectivity index (χ2v) is 7.22. The van der Waals surface area contributed by atoms with Crippen LogP contribution < -0.4 is 10.5 Å². The number of hydrogen-bond donors (Lipinski definition) is 1. The Kier molecular flexibility index (Phi) is 4.01. The van der Waals surface area contributed by atoms with Crippen LogP contribution in [0.2, 0.25) is 0 Å². The fourth-order valence-corrected chi connectivity index (χ4v) is 4.37. The first-order chi connectivity index (χ1) is 13.8. The normalized spacial score (nSPS) is 15.1. The molecule has 3 heteroatoms. The van der Waals surface area contributed by atoms with Gasteiger partial charge >= 0.3 is 0 Å². The fourth-order valence-electron chi connectivity index (χ4n) is 4.37. The van der Waals surface area contributed by atoms with Gasteiger partial charge in [0.2, 0.25) is 0 Å². The zero-order chi connectivity index (χ0) is 19.1. The van der Waals surface area contributed by atoms with E-state index in [2.05, 4.69) is 66.7 Å². The minimum Gasteiger partial charge on any atom is -0.494 e. The molecule has 2 N–H and O–H groups in total. The number of ether oxygens (including phenoxy) is 1. The van der Waals surface area contributed by atoms with Gasteiger partial charge in [0.1, 0.15) is 11.6 Å². The second kappa shape index (κ2) is 6.68. The monoisotopic (exact) mass is 366 g/mol. The van der Waals surface area contributed by atoms with Crippen molar-refractivity contribution in [1.82, 2.24) is 4.98 Å². The van der Waals surface area contributed by atoms with Crippen LogP contribution in [0.1, 0.15) is 29.5 Å². The van der Waals surface area contributed by atoms with Crippen LogP contribution in [0.25, 0.3) is 22.0 Å². The van der Waals surface area contributed by atoms with E-state index in [0.717, 1.165) is 23.3 Å². The molecular formula is C25H22N2O. The maximum atomic E-state index is 6.35. The highest BCUT2D eigenvalue weighted by Gasteiger charge is 2.29. The van der Waals surface area contributed by atoms with Crippen molar-refractivity contribution < 1.29 is 4.74 Å². The van der Waals surface area contributed by atoms with E-state index in [1.807, 2.05) is 13.0 Å². The Morgan fingerprint density at radius 1 is 0.929 bits per heavy atom. The zero-order valence-corrected chi connectivity index (χ0v) is 15.9. The SMILES string of the molecule is CCOc1ccc(C2Cc3ccccc3-c3nc(N)c4ccccc4c32)cc1. The van der Waals surface area contributed by atoms with Gasteiger partial charge in [-0.05, 0) is 47.6 Å². The van der Waals surface area contributed by atoms with Gasteiger partial charge in [-0.1, -0.05) is 60.7 Å². The van der Waals surface area contributed by atoms with E-state index in [1.165, 1.54) is 27.6 Å². The average molecular weight is 366 g/mol. The van der Waals surface area contributed by atoms with Gasteiger partial charge in [0.05, 0.1) is 12.3 Å². The molecule has 0 spiro atoms. The summed E-state index contributed by atoms with van der Waals surface area (Å²) in [4.78, 5) is 4.86. The van der Waals surface area contributed by atoms with Crippen molar-refractivity contribution in [2.45, 2.75) is 19.3 Å². The molecule has 1 heterocycles. The largest absolute Gasteiger partial charge is 0.494 e. The molecule has 1 atom stereocenters. The van der Waals surface area contributed by atoms with E-state index >= 15 is 0 Å². The number of benzene rings is 3. The van der Waals surface area contributed by atoms with Gasteiger partial charge in [-0.3, -0.25) is 0 Å². The molecule has 0 saturated heterocycles. The molecule has 1 aliphatic rings. The van der Waals surface area contributed by atoms with E-state index in [9.17, 15) is 0 Å². The highest BCUT2D eigenvalue weighted by molar-refractivity contribution is 5.98. The van der Waals surface area contributed by atoms with E-state index < -0.39 is 0 Å². The average Bonchev–Trinajstić information content (AvgIpc) is 2.74. The lowest BCUT2D eigenvalue weighted by molar-refractivity contribution is 0.340. The summed E-state index contributed by atoms with van der Waals surface area (Å²) in [5.41, 5.74) is 12.4. The Labute approximate surface area is 164 Å². The van der Waals surface area contributed by atoms with Crippen LogP contribution in [0.15, 0.2) is 72.8 Å². The number of hydrogen-bond acceptors (Lipinski definition) is 3. The molecule has 1 unspecified atom stereocenters. The van der Waals surface area contributed by atoms with Crippen molar-refractivity contribution in [2.75, 3.05) is 12.3 Å². The molecule has 5 rings (SSSR count). The molecular weight excluding hydrogens is 344 g/mol. The van der Waals surface area contributed by atoms with Gasteiger partial charge in [0.15, 0.2) is 0 Å². The summed E-state index contributed by atoms with van der Waals surface area (Å²) < 4.78 is 5.63. The van der Waals surface area contributed by atoms with Crippen molar-refractivity contribution in [1.29, 1.82) is 0 Å². The van der Waals surface area contributed by atoms with E-state index in [0.29, 0.717) is 12.4 Å². The lowest BCUT2D eigenvalue weighted by Gasteiger charge is -2.29. The standard InChI is InChI=1S/C25H22N2O/c1-2-28-18-13-11-16(12-14-18)22-15-17-7-3-4-8-19(17)24-23(22)20-9-5-6-10-21(20)25(26)27-24/h3-14,22H,2,15H2,1H3,(H2,26,27). The Morgan fingerprint density at radius 2 is 1.64 bits per heavy atom. The summed E-state index contributed by atoms with van der Waals surface area (Å²) in [6, 6.07) is 25.4. The van der Waals surface area contributed by atoms with Crippen LogP contribution in [0.5, 0.6) is 5.75 Å². The first kappa shape index (κ1) is 16.8. The van der Waals surface area contributed by atoms with E-state index in [4.69, 9.17) is 15.5 Å². The number of anilines is 1. The third-order valence-electron chi connectivity index (χ3n) is 5.62. The van der Waals surface area contributed by atoms with Gasteiger partial charge in [-0.2, -0.15) is 0 Å². The first-order valence-corrected chi connectivity index (χ1v) is 9.75. The van der Waals surface area contributed by atoms with Crippen LogP contribution >= 0.6 is 0 Å². The predicted molar refractivity (Wildman–Crippen MR) is 115 cm³/mol. The molecule has 3 nitrogen and oxygen atoms in total. The topological polar surface area (TPSA) is 48.1 Å². The van der Waals surface area contributed by atoms with Crippen LogP contribution in [0.3, 0.4) is 0 Å². The van der Waals surface area contributed by atoms with Crippen LogP contribution in [-0.4, -0.2) is 11.6 Å². The van der Waals surface area contributed by atoms with E-state index in [1.54, 1.807) is 0 Å². The van der Waals surface area contributed by atoms with Crippen LogP contribution in [-0.2, 0) is 6.42 Å². The Bertz CT molecular complexity index is 1170. The van der Waals surface area contributed by atoms with Crippen molar-refractivity contribution in [2.24, 2.45) is 0 Å². The molecule has 0 radical (unpaired) electrons. The van der Waals surface area contributed by atoms with Crippen LogP contribution in [0.4, 0.5) is 5.82 Å². The first-order valence-electron chi connectivity index (χ1n) is 9.75. The lowest BCUT2D eigenvalue weighted by Crippen LogP contribution is -2.15. The molecule has 4 aromatic rings. The highest BCUT2D eigenvalue weighted by atomic mass is 16.5. The molecule has 1 aliphatic carbocycles. The number of nitrogen functional groups attached to an aromatic ring is 1. The minimum atomic E-state index is 0.235. The lowest BCUT2D eigenvalue weighted by atomic mass is 9.76. The maximum Gasteiger partial charge on any atom is 0.131 e. The Hall–Kier alpha value is -3.33. The number of nitrogens with two attached hydrogens (primary N) is 1. The third kappa shape index (κ3) is 2.63. The number of aromatic nitrogens is 1. The maximum absolute atomic E-state index is 6.35. The molecule has 138 valence electrons. The van der Waals surface area contributed by atoms with E-state index in [-0.39, 0.29) is 5.92 Å². The molecule has 0 fully saturated rings. The van der Waals surface area contributed by atoms with Gasteiger partial charge < -0.3 is 10.5 Å². The van der Waals surface area contributed by atoms with Crippen molar-refractivity contribution >= 4 is 16.6 Å². The number of fused-ring (bicyclic) bond motifs is 5. The van der Waals surface area contributed by atoms with Crippen molar-refractivity contribution in [3.05, 3.63) is 89.5 Å². The fraction of sp³-hybridized carbons (Fsp3) is 0.160. The number of rotatable bonds is 3. The summed E-state index contributed by atoms with van der Waals surface area (Å²) in [7, 11) is 0. The summed E-state index contributed by atoms with van der Waals surface area (Å²) >= 11 is 0. The summed E-state index contributed by atoms with van der Waals surface area (Å²) in [5.74, 6) is 1.73. The molecule has 1 aromatic heterocycles. The summed E-state index contributed by atoms with van der Waals surface area (Å²) in [5, 5.41) is 2.22. The second-order valence-electron chi connectivity index (χ2n) is 7.22. The minimum absolute atomic E-state index is 0.235. The summed E-state index contributed by atoms with van der Waals surface area (Å²) in [6.07, 6.45) is 0.951. The van der Waals surface area contributed by atoms with Gasteiger partial charge in [-0.25, -0.2) is 4.98 Å². The third-order valence-corrected chi connectivity index (χ3v) is 5.62. The Balaban J connectivity index is 1.76. The quantitative estimate of drug-likeness (QED) is 0.515. The van der Waals surface area contributed by atoms with Crippen LogP contribution in [0, 0.1) is 0 Å². The molecule has 0 aliphatic heterocycles. The van der Waals surface area contributed by atoms with Gasteiger partial charge in [0.25, 0.3) is 0 Å². The smallest absolute Gasteiger partial charge is 0.131 e. The highest BCUT2D eigenvalue weighted by Crippen LogP contribution is 2.46. The molecule has 3 aromatic carbocycles. The predicted octanol–water partition coefficient (Wildman–Crippen LogP) is 5.57. The summed E-state index contributed by atoms with van der Waals surface area (Å²) in [6.45, 7) is 2.68. The Morgan fingerprint density at radius 3 is 2.43 bits per heavy atom. The number of nitrogens with zero attached hydrogens (tertiary/aromatic N) is 1. The van der Waals surface area contributed by atoms with Crippen molar-refractivity contribution in [3.8, 4) is 17.0 Å². The zero-order valence-electron chi connectivity index (χ0n) is 15.9. The van der Waals surface area contributed by atoms with Crippen molar-refractivity contribution in [3.63, 3.8) is 0 Å². The van der Waals surface area contributed by atoms with Gasteiger partial charge in [-0.15, -0.1) is 0 Å². The molecule has 0 amide bonds.